The summed E-state index contributed by atoms with van der Waals surface area (Å²) in [5, 5.41) is 0. The van der Waals surface area contributed by atoms with E-state index in [0.717, 1.165) is 12.2 Å². The first-order chi connectivity index (χ1) is 6.53. The lowest BCUT2D eigenvalue weighted by Crippen LogP contribution is -2.42. The van der Waals surface area contributed by atoms with Crippen molar-refractivity contribution in [3.8, 4) is 0 Å². The van der Waals surface area contributed by atoms with Crippen LogP contribution in [0.4, 0.5) is 0 Å². The van der Waals surface area contributed by atoms with Crippen molar-refractivity contribution in [3.05, 3.63) is 0 Å². The smallest absolute Gasteiger partial charge is 0.147 e. The molecule has 0 spiro atoms. The minimum absolute atomic E-state index is 0.153. The minimum Gasteiger partial charge on any atom is -0.271 e. The Labute approximate surface area is 89.9 Å². The van der Waals surface area contributed by atoms with E-state index in [1.54, 1.807) is 0 Å². The van der Waals surface area contributed by atoms with Gasteiger partial charge in [-0.2, -0.15) is 11.8 Å². The van der Waals surface area contributed by atoms with Gasteiger partial charge in [0.25, 0.3) is 0 Å². The molecule has 2 unspecified atom stereocenters. The Morgan fingerprint density at radius 2 is 2.36 bits per heavy atom. The Hall–Kier alpha value is 0.220. The Morgan fingerprint density at radius 1 is 1.64 bits per heavy atom. The van der Waals surface area contributed by atoms with Gasteiger partial charge in [-0.25, -0.2) is 8.42 Å². The SMILES string of the molecule is CS(=O)(=O)CCC(NN)C1CCSC1. The second-order valence-electron chi connectivity index (χ2n) is 3.82. The maximum Gasteiger partial charge on any atom is 0.147 e. The Kier molecular flexibility index (Phi) is 4.69. The van der Waals surface area contributed by atoms with Crippen LogP contribution < -0.4 is 11.3 Å². The van der Waals surface area contributed by atoms with Crippen molar-refractivity contribution in [2.45, 2.75) is 18.9 Å². The summed E-state index contributed by atoms with van der Waals surface area (Å²) < 4.78 is 22.0. The van der Waals surface area contributed by atoms with Gasteiger partial charge < -0.3 is 0 Å². The molecular weight excluding hydrogens is 220 g/mol. The first kappa shape index (κ1) is 12.3. The molecule has 2 atom stereocenters. The molecule has 1 aliphatic rings. The van der Waals surface area contributed by atoms with Crippen molar-refractivity contribution in [2.75, 3.05) is 23.5 Å². The van der Waals surface area contributed by atoms with Gasteiger partial charge in [0.2, 0.25) is 0 Å². The molecule has 3 N–H and O–H groups in total. The maximum absolute atomic E-state index is 11.0. The van der Waals surface area contributed by atoms with E-state index >= 15 is 0 Å². The summed E-state index contributed by atoms with van der Waals surface area (Å²) >= 11 is 1.91. The molecule has 0 saturated carbocycles. The van der Waals surface area contributed by atoms with E-state index in [1.165, 1.54) is 12.0 Å². The van der Waals surface area contributed by atoms with Gasteiger partial charge in [0.15, 0.2) is 0 Å². The third-order valence-electron chi connectivity index (χ3n) is 2.55. The van der Waals surface area contributed by atoms with Crippen LogP contribution in [0.5, 0.6) is 0 Å². The van der Waals surface area contributed by atoms with Crippen molar-refractivity contribution < 1.29 is 8.42 Å². The van der Waals surface area contributed by atoms with E-state index < -0.39 is 9.84 Å². The van der Waals surface area contributed by atoms with Gasteiger partial charge in [-0.05, 0) is 30.3 Å². The molecular formula is C8H18N2O2S2. The van der Waals surface area contributed by atoms with Crippen LogP contribution in [0.2, 0.25) is 0 Å². The fourth-order valence-corrected chi connectivity index (χ4v) is 3.69. The topological polar surface area (TPSA) is 72.2 Å². The summed E-state index contributed by atoms with van der Waals surface area (Å²) in [5.41, 5.74) is 2.74. The number of thioether (sulfide) groups is 1. The first-order valence-corrected chi connectivity index (χ1v) is 7.96. The number of hydrogen-bond acceptors (Lipinski definition) is 5. The number of hydrogen-bond donors (Lipinski definition) is 2. The normalized spacial score (nSPS) is 25.1. The zero-order valence-corrected chi connectivity index (χ0v) is 10.0. The molecule has 0 amide bonds. The zero-order valence-electron chi connectivity index (χ0n) is 8.40. The number of sulfone groups is 1. The molecule has 14 heavy (non-hydrogen) atoms. The number of nitrogens with two attached hydrogens (primary N) is 1. The lowest BCUT2D eigenvalue weighted by molar-refractivity contribution is 0.379. The van der Waals surface area contributed by atoms with E-state index in [-0.39, 0.29) is 11.8 Å². The quantitative estimate of drug-likeness (QED) is 0.521. The molecule has 1 aliphatic heterocycles. The van der Waals surface area contributed by atoms with Gasteiger partial charge in [-0.1, -0.05) is 0 Å². The lowest BCUT2D eigenvalue weighted by Gasteiger charge is -2.21. The summed E-state index contributed by atoms with van der Waals surface area (Å²) in [6.07, 6.45) is 3.04. The Morgan fingerprint density at radius 3 is 2.79 bits per heavy atom. The van der Waals surface area contributed by atoms with Crippen molar-refractivity contribution in [1.29, 1.82) is 0 Å². The second kappa shape index (κ2) is 5.34. The van der Waals surface area contributed by atoms with Crippen LogP contribution in [0.15, 0.2) is 0 Å². The molecule has 1 saturated heterocycles. The third kappa shape index (κ3) is 4.16. The van der Waals surface area contributed by atoms with Crippen LogP contribution in [0.3, 0.4) is 0 Å². The minimum atomic E-state index is -2.86. The van der Waals surface area contributed by atoms with Crippen LogP contribution in [0.25, 0.3) is 0 Å². The standard InChI is InChI=1S/C8H18N2O2S2/c1-14(11,12)5-3-8(10-9)7-2-4-13-6-7/h7-8,10H,2-6,9H2,1H3. The maximum atomic E-state index is 11.0. The largest absolute Gasteiger partial charge is 0.271 e. The molecule has 84 valence electrons. The van der Waals surface area contributed by atoms with Gasteiger partial charge in [0, 0.05) is 12.3 Å². The molecule has 0 aliphatic carbocycles. The molecule has 6 heteroatoms. The number of rotatable bonds is 5. The number of hydrazine groups is 1. The summed E-state index contributed by atoms with van der Waals surface area (Å²) in [6, 6.07) is 0.153. The summed E-state index contributed by atoms with van der Waals surface area (Å²) in [7, 11) is -2.86. The Bertz CT molecular complexity index is 261. The van der Waals surface area contributed by atoms with E-state index in [9.17, 15) is 8.42 Å². The van der Waals surface area contributed by atoms with Crippen molar-refractivity contribution in [3.63, 3.8) is 0 Å². The van der Waals surface area contributed by atoms with E-state index in [4.69, 9.17) is 5.84 Å². The number of nitrogens with one attached hydrogen (secondary N) is 1. The van der Waals surface area contributed by atoms with Gasteiger partial charge in [-0.3, -0.25) is 11.3 Å². The predicted molar refractivity (Wildman–Crippen MR) is 60.9 cm³/mol. The summed E-state index contributed by atoms with van der Waals surface area (Å²) in [6.45, 7) is 0. The molecule has 4 nitrogen and oxygen atoms in total. The third-order valence-corrected chi connectivity index (χ3v) is 4.71. The van der Waals surface area contributed by atoms with Crippen LogP contribution in [0.1, 0.15) is 12.8 Å². The average molecular weight is 238 g/mol. The first-order valence-electron chi connectivity index (χ1n) is 4.74. The lowest BCUT2D eigenvalue weighted by atomic mass is 9.98. The van der Waals surface area contributed by atoms with Gasteiger partial charge in [0.05, 0.1) is 5.75 Å². The van der Waals surface area contributed by atoms with Crippen LogP contribution in [-0.4, -0.2) is 38.0 Å². The highest BCUT2D eigenvalue weighted by Gasteiger charge is 2.25. The van der Waals surface area contributed by atoms with Gasteiger partial charge >= 0.3 is 0 Å². The molecule has 1 rings (SSSR count). The molecule has 0 aromatic heterocycles. The van der Waals surface area contributed by atoms with Crippen LogP contribution in [-0.2, 0) is 9.84 Å². The molecule has 1 fully saturated rings. The second-order valence-corrected chi connectivity index (χ2v) is 7.22. The molecule has 0 radical (unpaired) electrons. The Balaban J connectivity index is 2.38. The van der Waals surface area contributed by atoms with Crippen molar-refractivity contribution in [1.82, 2.24) is 5.43 Å². The van der Waals surface area contributed by atoms with E-state index in [0.29, 0.717) is 12.3 Å². The highest BCUT2D eigenvalue weighted by Crippen LogP contribution is 2.27. The monoisotopic (exact) mass is 238 g/mol. The van der Waals surface area contributed by atoms with Crippen LogP contribution >= 0.6 is 11.8 Å². The predicted octanol–water partition coefficient (Wildman–Crippen LogP) is 0.00610. The average Bonchev–Trinajstić information content (AvgIpc) is 2.56. The zero-order chi connectivity index (χ0) is 10.6. The highest BCUT2D eigenvalue weighted by molar-refractivity contribution is 7.99. The summed E-state index contributed by atoms with van der Waals surface area (Å²) in [5.74, 6) is 8.45. The van der Waals surface area contributed by atoms with Crippen molar-refractivity contribution in [2.24, 2.45) is 11.8 Å². The fraction of sp³-hybridized carbons (Fsp3) is 1.00. The molecule has 1 heterocycles. The van der Waals surface area contributed by atoms with E-state index in [2.05, 4.69) is 5.43 Å². The summed E-state index contributed by atoms with van der Waals surface area (Å²) in [4.78, 5) is 0. The van der Waals surface area contributed by atoms with Crippen molar-refractivity contribution >= 4 is 21.6 Å². The highest BCUT2D eigenvalue weighted by atomic mass is 32.2. The molecule has 0 bridgehead atoms. The van der Waals surface area contributed by atoms with Gasteiger partial charge in [0.1, 0.15) is 9.84 Å². The molecule has 0 aromatic rings. The van der Waals surface area contributed by atoms with E-state index in [1.807, 2.05) is 11.8 Å². The van der Waals surface area contributed by atoms with Crippen LogP contribution in [0, 0.1) is 5.92 Å². The molecule has 0 aromatic carbocycles. The fourth-order valence-electron chi connectivity index (χ4n) is 1.67. The van der Waals surface area contributed by atoms with Gasteiger partial charge in [-0.15, -0.1) is 0 Å².